The van der Waals surface area contributed by atoms with Gasteiger partial charge in [-0.2, -0.15) is 0 Å². The zero-order valence-corrected chi connectivity index (χ0v) is 16.0. The molecule has 4 N–H and O–H groups in total. The van der Waals surface area contributed by atoms with E-state index in [1.54, 1.807) is 0 Å². The zero-order chi connectivity index (χ0) is 18.6. The number of hydrogen-bond donors (Lipinski definition) is 4. The fourth-order valence-electron chi connectivity index (χ4n) is 3.77. The van der Waals surface area contributed by atoms with Crippen LogP contribution in [0, 0.1) is 5.82 Å². The summed E-state index contributed by atoms with van der Waals surface area (Å²) in [7, 11) is 0. The minimum Gasteiger partial charge on any atom is -0.390 e. The molecule has 1 aliphatic carbocycles. The number of nitrogens with one attached hydrogen (secondary N) is 3. The Morgan fingerprint density at radius 1 is 1.15 bits per heavy atom. The molecule has 1 saturated carbocycles. The van der Waals surface area contributed by atoms with Gasteiger partial charge in [0.2, 0.25) is 5.91 Å². The number of benzene rings is 1. The SMILES string of the molecule is Cl.O=C(NC1(C(=O)NC2CCNCC2O)CCCCC1)c1ccc(F)cc1. The van der Waals surface area contributed by atoms with E-state index in [-0.39, 0.29) is 30.3 Å². The van der Waals surface area contributed by atoms with Crippen LogP contribution in [-0.4, -0.2) is 47.7 Å². The molecular formula is C19H27ClFN3O3. The second-order valence-corrected chi connectivity index (χ2v) is 7.24. The second kappa shape index (κ2) is 9.48. The first-order valence-corrected chi connectivity index (χ1v) is 9.28. The summed E-state index contributed by atoms with van der Waals surface area (Å²) in [6.07, 6.45) is 3.87. The minimum atomic E-state index is -0.978. The van der Waals surface area contributed by atoms with Gasteiger partial charge in [-0.1, -0.05) is 19.3 Å². The van der Waals surface area contributed by atoms with E-state index < -0.39 is 17.5 Å². The van der Waals surface area contributed by atoms with Crippen molar-refractivity contribution < 1.29 is 19.1 Å². The molecule has 1 aliphatic heterocycles. The predicted octanol–water partition coefficient (Wildman–Crippen LogP) is 1.52. The summed E-state index contributed by atoms with van der Waals surface area (Å²) in [4.78, 5) is 25.7. The molecule has 1 saturated heterocycles. The summed E-state index contributed by atoms with van der Waals surface area (Å²) in [5.74, 6) is -1.03. The third-order valence-electron chi connectivity index (χ3n) is 5.37. The minimum absolute atomic E-state index is 0. The molecule has 2 unspecified atom stereocenters. The van der Waals surface area contributed by atoms with Crippen LogP contribution in [0.15, 0.2) is 24.3 Å². The van der Waals surface area contributed by atoms with Gasteiger partial charge in [-0.3, -0.25) is 9.59 Å². The third-order valence-corrected chi connectivity index (χ3v) is 5.37. The Hall–Kier alpha value is -1.70. The Kier molecular flexibility index (Phi) is 7.59. The molecule has 1 aromatic rings. The number of hydrogen-bond acceptors (Lipinski definition) is 4. The quantitative estimate of drug-likeness (QED) is 0.618. The van der Waals surface area contributed by atoms with Crippen LogP contribution in [0.4, 0.5) is 4.39 Å². The lowest BCUT2D eigenvalue weighted by Gasteiger charge is -2.39. The summed E-state index contributed by atoms with van der Waals surface area (Å²) in [6, 6.07) is 4.97. The molecule has 2 amide bonds. The molecule has 2 atom stereocenters. The van der Waals surface area contributed by atoms with Crippen LogP contribution in [0.5, 0.6) is 0 Å². The number of aliphatic hydroxyl groups is 1. The molecule has 1 heterocycles. The lowest BCUT2D eigenvalue weighted by molar-refractivity contribution is -0.130. The highest BCUT2D eigenvalue weighted by atomic mass is 35.5. The van der Waals surface area contributed by atoms with Crippen LogP contribution in [0.3, 0.4) is 0 Å². The summed E-state index contributed by atoms with van der Waals surface area (Å²) in [5, 5.41) is 19.0. The van der Waals surface area contributed by atoms with Gasteiger partial charge in [0, 0.05) is 12.1 Å². The Labute approximate surface area is 164 Å². The Morgan fingerprint density at radius 3 is 2.44 bits per heavy atom. The largest absolute Gasteiger partial charge is 0.390 e. The highest BCUT2D eigenvalue weighted by molar-refractivity contribution is 5.99. The molecule has 0 bridgehead atoms. The van der Waals surface area contributed by atoms with Crippen molar-refractivity contribution in [3.63, 3.8) is 0 Å². The van der Waals surface area contributed by atoms with Gasteiger partial charge in [-0.05, 0) is 50.1 Å². The molecule has 150 valence electrons. The Balaban J connectivity index is 0.00000261. The van der Waals surface area contributed by atoms with Crippen LogP contribution in [0.2, 0.25) is 0 Å². The van der Waals surface area contributed by atoms with Gasteiger partial charge in [-0.15, -0.1) is 12.4 Å². The van der Waals surface area contributed by atoms with E-state index in [0.29, 0.717) is 31.4 Å². The van der Waals surface area contributed by atoms with E-state index in [0.717, 1.165) is 25.8 Å². The summed E-state index contributed by atoms with van der Waals surface area (Å²) < 4.78 is 13.1. The molecule has 0 radical (unpaired) electrons. The first kappa shape index (κ1) is 21.6. The number of carbonyl (C=O) groups is 2. The molecule has 0 aromatic heterocycles. The number of β-amino-alcohol motifs (C(OH)–C–C–N with tert-alkyl or cyclic N) is 1. The lowest BCUT2D eigenvalue weighted by Crippen LogP contribution is -2.63. The van der Waals surface area contributed by atoms with Gasteiger partial charge in [-0.25, -0.2) is 4.39 Å². The van der Waals surface area contributed by atoms with Crippen LogP contribution < -0.4 is 16.0 Å². The smallest absolute Gasteiger partial charge is 0.252 e. The Morgan fingerprint density at radius 2 is 1.81 bits per heavy atom. The van der Waals surface area contributed by atoms with Crippen LogP contribution in [0.25, 0.3) is 0 Å². The van der Waals surface area contributed by atoms with Crippen molar-refractivity contribution in [2.75, 3.05) is 13.1 Å². The van der Waals surface area contributed by atoms with Crippen molar-refractivity contribution in [2.45, 2.75) is 56.2 Å². The summed E-state index contributed by atoms with van der Waals surface area (Å²) in [6.45, 7) is 1.18. The lowest BCUT2D eigenvalue weighted by atomic mass is 9.80. The van der Waals surface area contributed by atoms with E-state index in [4.69, 9.17) is 0 Å². The number of halogens is 2. The highest BCUT2D eigenvalue weighted by Crippen LogP contribution is 2.29. The van der Waals surface area contributed by atoms with E-state index in [2.05, 4.69) is 16.0 Å². The number of rotatable bonds is 4. The van der Waals surface area contributed by atoms with E-state index in [9.17, 15) is 19.1 Å². The maximum atomic E-state index is 13.1. The molecule has 27 heavy (non-hydrogen) atoms. The van der Waals surface area contributed by atoms with Gasteiger partial charge in [0.25, 0.3) is 5.91 Å². The van der Waals surface area contributed by atoms with Crippen molar-refractivity contribution in [1.29, 1.82) is 0 Å². The molecule has 0 spiro atoms. The first-order chi connectivity index (χ1) is 12.5. The van der Waals surface area contributed by atoms with Crippen molar-refractivity contribution >= 4 is 24.2 Å². The van der Waals surface area contributed by atoms with Gasteiger partial charge in [0.1, 0.15) is 11.4 Å². The van der Waals surface area contributed by atoms with Gasteiger partial charge in [0.15, 0.2) is 0 Å². The third kappa shape index (κ3) is 5.18. The molecule has 6 nitrogen and oxygen atoms in total. The second-order valence-electron chi connectivity index (χ2n) is 7.24. The maximum Gasteiger partial charge on any atom is 0.252 e. The molecular weight excluding hydrogens is 373 g/mol. The molecule has 2 aliphatic rings. The van der Waals surface area contributed by atoms with E-state index in [1.165, 1.54) is 24.3 Å². The highest BCUT2D eigenvalue weighted by Gasteiger charge is 2.42. The molecule has 1 aromatic carbocycles. The molecule has 3 rings (SSSR count). The van der Waals surface area contributed by atoms with Gasteiger partial charge in [0.05, 0.1) is 12.1 Å². The van der Waals surface area contributed by atoms with Crippen molar-refractivity contribution in [2.24, 2.45) is 0 Å². The monoisotopic (exact) mass is 399 g/mol. The molecule has 2 fully saturated rings. The summed E-state index contributed by atoms with van der Waals surface area (Å²) in [5.41, 5.74) is -0.653. The normalized spacial score (nSPS) is 24.4. The van der Waals surface area contributed by atoms with Gasteiger partial charge >= 0.3 is 0 Å². The van der Waals surface area contributed by atoms with E-state index in [1.807, 2.05) is 0 Å². The van der Waals surface area contributed by atoms with Gasteiger partial charge < -0.3 is 21.1 Å². The summed E-state index contributed by atoms with van der Waals surface area (Å²) >= 11 is 0. The molecule has 8 heteroatoms. The zero-order valence-electron chi connectivity index (χ0n) is 15.2. The number of piperidine rings is 1. The number of amides is 2. The van der Waals surface area contributed by atoms with Crippen molar-refractivity contribution in [3.8, 4) is 0 Å². The van der Waals surface area contributed by atoms with Crippen molar-refractivity contribution in [3.05, 3.63) is 35.6 Å². The van der Waals surface area contributed by atoms with Crippen LogP contribution in [-0.2, 0) is 4.79 Å². The fourth-order valence-corrected chi connectivity index (χ4v) is 3.77. The van der Waals surface area contributed by atoms with E-state index >= 15 is 0 Å². The maximum absolute atomic E-state index is 13.1. The average molecular weight is 400 g/mol. The average Bonchev–Trinajstić information content (AvgIpc) is 2.65. The predicted molar refractivity (Wildman–Crippen MR) is 102 cm³/mol. The topological polar surface area (TPSA) is 90.5 Å². The standard InChI is InChI=1S/C19H26FN3O3.ClH/c20-14-6-4-13(5-7-14)17(25)23-19(9-2-1-3-10-19)18(26)22-15-8-11-21-12-16(15)24;/h4-7,15-16,21,24H,1-3,8-12H2,(H,22,26)(H,23,25);1H. The van der Waals surface area contributed by atoms with Crippen LogP contribution >= 0.6 is 12.4 Å². The first-order valence-electron chi connectivity index (χ1n) is 9.28. The number of aliphatic hydroxyl groups excluding tert-OH is 1. The fraction of sp³-hybridized carbons (Fsp3) is 0.579. The number of carbonyl (C=O) groups excluding carboxylic acids is 2. The Bertz CT molecular complexity index is 650. The van der Waals surface area contributed by atoms with Crippen LogP contribution in [0.1, 0.15) is 48.9 Å². The van der Waals surface area contributed by atoms with Crippen molar-refractivity contribution in [1.82, 2.24) is 16.0 Å².